The maximum atomic E-state index is 12.0. The van der Waals surface area contributed by atoms with E-state index >= 15 is 0 Å². The van der Waals surface area contributed by atoms with Crippen LogP contribution >= 0.6 is 0 Å². The first-order valence-corrected chi connectivity index (χ1v) is 7.39. The standard InChI is InChI=1S/C14H25NO4/c1-3-6-11-9-14(18-7-5-8-19-14)10-12(15-11)13(16)17-4-2/h11-12,15H,3-10H2,1-2H3/t11-,12+/m0/s1. The fraction of sp³-hybridized carbons (Fsp3) is 0.929. The molecule has 0 aliphatic carbocycles. The Kier molecular flexibility index (Phi) is 5.19. The van der Waals surface area contributed by atoms with Crippen molar-refractivity contribution >= 4 is 5.97 Å². The van der Waals surface area contributed by atoms with Crippen molar-refractivity contribution in [2.24, 2.45) is 0 Å². The molecule has 0 radical (unpaired) electrons. The second kappa shape index (κ2) is 6.68. The van der Waals surface area contributed by atoms with E-state index < -0.39 is 5.79 Å². The molecule has 2 fully saturated rings. The summed E-state index contributed by atoms with van der Waals surface area (Å²) in [6, 6.07) is -0.0605. The number of piperidine rings is 1. The fourth-order valence-electron chi connectivity index (χ4n) is 2.95. The monoisotopic (exact) mass is 271 g/mol. The van der Waals surface area contributed by atoms with Crippen LogP contribution < -0.4 is 5.32 Å². The molecule has 0 aromatic rings. The zero-order valence-electron chi connectivity index (χ0n) is 11.9. The first-order chi connectivity index (χ1) is 9.19. The summed E-state index contributed by atoms with van der Waals surface area (Å²) >= 11 is 0. The van der Waals surface area contributed by atoms with Gasteiger partial charge in [0.25, 0.3) is 0 Å². The SMILES string of the molecule is CCC[C@H]1CC2(C[C@H](C(=O)OCC)N1)OCCCO2. The van der Waals surface area contributed by atoms with Gasteiger partial charge in [-0.3, -0.25) is 4.79 Å². The first kappa shape index (κ1) is 14.8. The second-order valence-corrected chi connectivity index (χ2v) is 5.33. The van der Waals surface area contributed by atoms with E-state index in [9.17, 15) is 4.79 Å². The van der Waals surface area contributed by atoms with Gasteiger partial charge in [-0.15, -0.1) is 0 Å². The Bertz CT molecular complexity index is 302. The van der Waals surface area contributed by atoms with Gasteiger partial charge in [-0.05, 0) is 19.8 Å². The molecule has 19 heavy (non-hydrogen) atoms. The highest BCUT2D eigenvalue weighted by atomic mass is 16.7. The molecule has 5 heteroatoms. The van der Waals surface area contributed by atoms with E-state index in [1.54, 1.807) is 0 Å². The summed E-state index contributed by atoms with van der Waals surface area (Å²) in [5, 5.41) is 3.38. The lowest BCUT2D eigenvalue weighted by Crippen LogP contribution is -2.59. The zero-order chi connectivity index (χ0) is 13.7. The van der Waals surface area contributed by atoms with Crippen LogP contribution in [0.15, 0.2) is 0 Å². The lowest BCUT2D eigenvalue weighted by atomic mass is 9.89. The molecule has 0 unspecified atom stereocenters. The van der Waals surface area contributed by atoms with Crippen LogP contribution in [0.1, 0.15) is 46.0 Å². The Morgan fingerprint density at radius 2 is 2.05 bits per heavy atom. The predicted molar refractivity (Wildman–Crippen MR) is 70.7 cm³/mol. The maximum absolute atomic E-state index is 12.0. The number of ether oxygens (including phenoxy) is 3. The molecule has 2 heterocycles. The average molecular weight is 271 g/mol. The normalized spacial score (nSPS) is 30.2. The zero-order valence-corrected chi connectivity index (χ0v) is 11.9. The lowest BCUT2D eigenvalue weighted by molar-refractivity contribution is -0.286. The number of esters is 1. The summed E-state index contributed by atoms with van der Waals surface area (Å²) in [7, 11) is 0. The number of nitrogens with one attached hydrogen (secondary N) is 1. The maximum Gasteiger partial charge on any atom is 0.323 e. The molecule has 0 bridgehead atoms. The fourth-order valence-corrected chi connectivity index (χ4v) is 2.95. The largest absolute Gasteiger partial charge is 0.465 e. The topological polar surface area (TPSA) is 56.8 Å². The first-order valence-electron chi connectivity index (χ1n) is 7.39. The molecule has 2 atom stereocenters. The Labute approximate surface area is 115 Å². The Hall–Kier alpha value is -0.650. The summed E-state index contributed by atoms with van der Waals surface area (Å²) < 4.78 is 16.9. The van der Waals surface area contributed by atoms with E-state index in [-0.39, 0.29) is 18.1 Å². The minimum absolute atomic E-state index is 0.194. The van der Waals surface area contributed by atoms with E-state index in [0.717, 1.165) is 25.7 Å². The van der Waals surface area contributed by atoms with Gasteiger partial charge >= 0.3 is 5.97 Å². The quantitative estimate of drug-likeness (QED) is 0.787. The minimum atomic E-state index is -0.583. The Balaban J connectivity index is 2.05. The average Bonchev–Trinajstić information content (AvgIpc) is 2.39. The van der Waals surface area contributed by atoms with Crippen LogP contribution in [0.4, 0.5) is 0 Å². The molecule has 2 saturated heterocycles. The highest BCUT2D eigenvalue weighted by Gasteiger charge is 2.45. The molecule has 2 aliphatic heterocycles. The molecule has 1 spiro atoms. The van der Waals surface area contributed by atoms with E-state index in [0.29, 0.717) is 26.2 Å². The van der Waals surface area contributed by atoms with Crippen LogP contribution in [0.25, 0.3) is 0 Å². The van der Waals surface area contributed by atoms with Crippen molar-refractivity contribution in [1.29, 1.82) is 0 Å². The van der Waals surface area contributed by atoms with Crippen molar-refractivity contribution in [3.8, 4) is 0 Å². The molecule has 110 valence electrons. The van der Waals surface area contributed by atoms with Crippen molar-refractivity contribution in [3.63, 3.8) is 0 Å². The third-order valence-electron chi connectivity index (χ3n) is 3.74. The van der Waals surface area contributed by atoms with Crippen LogP contribution in [0.3, 0.4) is 0 Å². The van der Waals surface area contributed by atoms with Crippen LogP contribution in [-0.4, -0.2) is 43.7 Å². The molecule has 0 aromatic carbocycles. The second-order valence-electron chi connectivity index (χ2n) is 5.33. The molecule has 0 saturated carbocycles. The molecule has 0 amide bonds. The molecule has 0 aromatic heterocycles. The van der Waals surface area contributed by atoms with Crippen LogP contribution in [0.2, 0.25) is 0 Å². The summed E-state index contributed by atoms with van der Waals surface area (Å²) in [6.07, 6.45) is 4.38. The van der Waals surface area contributed by atoms with Gasteiger partial charge in [0.2, 0.25) is 0 Å². The van der Waals surface area contributed by atoms with E-state index in [1.165, 1.54) is 0 Å². The third-order valence-corrected chi connectivity index (χ3v) is 3.74. The number of rotatable bonds is 4. The van der Waals surface area contributed by atoms with Gasteiger partial charge in [-0.2, -0.15) is 0 Å². The minimum Gasteiger partial charge on any atom is -0.465 e. The summed E-state index contributed by atoms with van der Waals surface area (Å²) in [4.78, 5) is 12.0. The molecular weight excluding hydrogens is 246 g/mol. The Morgan fingerprint density at radius 1 is 1.32 bits per heavy atom. The number of carbonyl (C=O) groups is 1. The molecule has 2 rings (SSSR count). The van der Waals surface area contributed by atoms with Crippen molar-refractivity contribution < 1.29 is 19.0 Å². The smallest absolute Gasteiger partial charge is 0.323 e. The van der Waals surface area contributed by atoms with Crippen molar-refractivity contribution in [3.05, 3.63) is 0 Å². The van der Waals surface area contributed by atoms with Gasteiger partial charge in [-0.1, -0.05) is 13.3 Å². The number of carbonyl (C=O) groups excluding carboxylic acids is 1. The van der Waals surface area contributed by atoms with Crippen molar-refractivity contribution in [2.75, 3.05) is 19.8 Å². The molecule has 5 nitrogen and oxygen atoms in total. The van der Waals surface area contributed by atoms with Crippen LogP contribution in [-0.2, 0) is 19.0 Å². The predicted octanol–water partition coefficient (Wildman–Crippen LogP) is 1.60. The molecule has 2 aliphatic rings. The van der Waals surface area contributed by atoms with Crippen LogP contribution in [0.5, 0.6) is 0 Å². The number of hydrogen-bond acceptors (Lipinski definition) is 5. The Morgan fingerprint density at radius 3 is 2.68 bits per heavy atom. The number of hydrogen-bond donors (Lipinski definition) is 1. The highest BCUT2D eigenvalue weighted by Crippen LogP contribution is 2.34. The van der Waals surface area contributed by atoms with Crippen molar-refractivity contribution in [1.82, 2.24) is 5.32 Å². The van der Waals surface area contributed by atoms with Crippen LogP contribution in [0, 0.1) is 0 Å². The van der Waals surface area contributed by atoms with E-state index in [4.69, 9.17) is 14.2 Å². The molecule has 1 N–H and O–H groups in total. The van der Waals surface area contributed by atoms with Crippen molar-refractivity contribution in [2.45, 2.75) is 63.8 Å². The van der Waals surface area contributed by atoms with Gasteiger partial charge in [-0.25, -0.2) is 0 Å². The summed E-state index contributed by atoms with van der Waals surface area (Å²) in [5.41, 5.74) is 0. The summed E-state index contributed by atoms with van der Waals surface area (Å²) in [5.74, 6) is -0.777. The lowest BCUT2D eigenvalue weighted by Gasteiger charge is -2.45. The highest BCUT2D eigenvalue weighted by molar-refractivity contribution is 5.76. The summed E-state index contributed by atoms with van der Waals surface area (Å²) in [6.45, 7) is 5.81. The van der Waals surface area contributed by atoms with E-state index in [1.807, 2.05) is 6.92 Å². The third kappa shape index (κ3) is 3.68. The van der Waals surface area contributed by atoms with Gasteiger partial charge < -0.3 is 19.5 Å². The van der Waals surface area contributed by atoms with Gasteiger partial charge in [0.05, 0.1) is 19.8 Å². The molecular formula is C14H25NO4. The van der Waals surface area contributed by atoms with Gasteiger partial charge in [0, 0.05) is 18.9 Å². The van der Waals surface area contributed by atoms with Gasteiger partial charge in [0.1, 0.15) is 6.04 Å². The van der Waals surface area contributed by atoms with E-state index in [2.05, 4.69) is 12.2 Å². The van der Waals surface area contributed by atoms with Gasteiger partial charge in [0.15, 0.2) is 5.79 Å².